The lowest BCUT2D eigenvalue weighted by Gasteiger charge is -2.25. The number of hydrogen-bond donors (Lipinski definition) is 0. The Morgan fingerprint density at radius 2 is 1.81 bits per heavy atom. The van der Waals surface area contributed by atoms with Crippen molar-refractivity contribution in [3.05, 3.63) is 42.2 Å². The molecule has 0 unspecified atom stereocenters. The summed E-state index contributed by atoms with van der Waals surface area (Å²) in [6.45, 7) is 5.34. The highest BCUT2D eigenvalue weighted by molar-refractivity contribution is 7.89. The summed E-state index contributed by atoms with van der Waals surface area (Å²) in [5.41, 5.74) is 2.21. The number of aryl methyl sites for hydroxylation is 1. The molecule has 144 valence electrons. The molecule has 1 aromatic heterocycles. The first-order valence-electron chi connectivity index (χ1n) is 9.11. The quantitative estimate of drug-likeness (QED) is 0.800. The summed E-state index contributed by atoms with van der Waals surface area (Å²) in [6, 6.07) is 6.82. The normalized spacial score (nSPS) is 18.2. The molecule has 2 aliphatic rings. The Balaban J connectivity index is 1.54. The summed E-state index contributed by atoms with van der Waals surface area (Å²) in [4.78, 5) is 6.62. The van der Waals surface area contributed by atoms with E-state index in [9.17, 15) is 8.42 Å². The van der Waals surface area contributed by atoms with Crippen molar-refractivity contribution in [1.82, 2.24) is 9.29 Å². The molecule has 2 aliphatic heterocycles. The Morgan fingerprint density at radius 3 is 2.63 bits per heavy atom. The van der Waals surface area contributed by atoms with Crippen molar-refractivity contribution >= 4 is 15.7 Å². The minimum absolute atomic E-state index is 0.250. The van der Waals surface area contributed by atoms with E-state index in [0.717, 1.165) is 24.2 Å². The lowest BCUT2D eigenvalue weighted by molar-refractivity contribution is 0.171. The average Bonchev–Trinajstić information content (AvgIpc) is 2.94. The van der Waals surface area contributed by atoms with E-state index >= 15 is 0 Å². The van der Waals surface area contributed by atoms with E-state index in [4.69, 9.17) is 9.47 Å². The summed E-state index contributed by atoms with van der Waals surface area (Å²) < 4.78 is 38.9. The first-order chi connectivity index (χ1) is 13.1. The molecule has 4 rings (SSSR count). The van der Waals surface area contributed by atoms with Crippen LogP contribution in [0.3, 0.4) is 0 Å². The summed E-state index contributed by atoms with van der Waals surface area (Å²) in [7, 11) is -3.58. The lowest BCUT2D eigenvalue weighted by Crippen LogP contribution is -2.35. The highest BCUT2D eigenvalue weighted by Gasteiger charge is 2.28. The van der Waals surface area contributed by atoms with Crippen LogP contribution in [-0.4, -0.2) is 57.1 Å². The van der Waals surface area contributed by atoms with Gasteiger partial charge in [-0.2, -0.15) is 4.31 Å². The summed E-state index contributed by atoms with van der Waals surface area (Å²) in [5, 5.41) is 0. The SMILES string of the molecule is Cc1cnccc1N1CCCN(S(=O)(=O)c2ccc3c(c2)OCCO3)CC1. The molecule has 0 amide bonds. The van der Waals surface area contributed by atoms with Crippen LogP contribution in [-0.2, 0) is 10.0 Å². The van der Waals surface area contributed by atoms with Crippen LogP contribution >= 0.6 is 0 Å². The van der Waals surface area contributed by atoms with Crippen LogP contribution in [0, 0.1) is 6.92 Å². The van der Waals surface area contributed by atoms with Crippen LogP contribution in [0.4, 0.5) is 5.69 Å². The predicted octanol–water partition coefficient (Wildman–Crippen LogP) is 2.06. The van der Waals surface area contributed by atoms with Crippen molar-refractivity contribution in [1.29, 1.82) is 0 Å². The highest BCUT2D eigenvalue weighted by atomic mass is 32.2. The molecular formula is C19H23N3O4S. The van der Waals surface area contributed by atoms with E-state index in [1.54, 1.807) is 28.7 Å². The molecule has 0 aliphatic carbocycles. The topological polar surface area (TPSA) is 72.0 Å². The van der Waals surface area contributed by atoms with Crippen LogP contribution < -0.4 is 14.4 Å². The van der Waals surface area contributed by atoms with Crippen LogP contribution in [0.15, 0.2) is 41.6 Å². The van der Waals surface area contributed by atoms with Gasteiger partial charge in [-0.25, -0.2) is 8.42 Å². The Morgan fingerprint density at radius 1 is 1.00 bits per heavy atom. The number of anilines is 1. The molecule has 0 N–H and O–H groups in total. The number of rotatable bonds is 3. The van der Waals surface area contributed by atoms with Gasteiger partial charge >= 0.3 is 0 Å². The molecule has 0 radical (unpaired) electrons. The maximum absolute atomic E-state index is 13.1. The molecule has 1 aromatic carbocycles. The third-order valence-corrected chi connectivity index (χ3v) is 6.83. The van der Waals surface area contributed by atoms with Crippen LogP contribution in [0.5, 0.6) is 11.5 Å². The van der Waals surface area contributed by atoms with E-state index in [1.807, 2.05) is 19.2 Å². The molecule has 8 heteroatoms. The van der Waals surface area contributed by atoms with Crippen LogP contribution in [0.1, 0.15) is 12.0 Å². The maximum Gasteiger partial charge on any atom is 0.243 e. The van der Waals surface area contributed by atoms with Gasteiger partial charge in [0.25, 0.3) is 0 Å². The third-order valence-electron chi connectivity index (χ3n) is 4.94. The minimum atomic E-state index is -3.58. The predicted molar refractivity (Wildman–Crippen MR) is 102 cm³/mol. The molecule has 1 fully saturated rings. The van der Waals surface area contributed by atoms with Gasteiger partial charge < -0.3 is 14.4 Å². The molecule has 0 atom stereocenters. The number of aromatic nitrogens is 1. The fourth-order valence-corrected chi connectivity index (χ4v) is 5.01. The maximum atomic E-state index is 13.1. The van der Waals surface area contributed by atoms with Crippen LogP contribution in [0.25, 0.3) is 0 Å². The first-order valence-corrected chi connectivity index (χ1v) is 10.5. The van der Waals surface area contributed by atoms with E-state index in [-0.39, 0.29) is 4.90 Å². The zero-order chi connectivity index (χ0) is 18.9. The molecule has 0 bridgehead atoms. The number of sulfonamides is 1. The van der Waals surface area contributed by atoms with Gasteiger partial charge in [-0.05, 0) is 37.1 Å². The number of nitrogens with zero attached hydrogens (tertiary/aromatic N) is 3. The van der Waals surface area contributed by atoms with Crippen LogP contribution in [0.2, 0.25) is 0 Å². The standard InChI is InChI=1S/C19H23N3O4S/c1-15-14-20-6-5-17(15)21-7-2-8-22(10-9-21)27(23,24)16-3-4-18-19(13-16)26-12-11-25-18/h3-6,13-14H,2,7-12H2,1H3. The van der Waals surface area contributed by atoms with Gasteiger partial charge in [0, 0.05) is 50.3 Å². The molecule has 7 nitrogen and oxygen atoms in total. The van der Waals surface area contributed by atoms with Gasteiger partial charge in [0.2, 0.25) is 10.0 Å². The Hall–Kier alpha value is -2.32. The second-order valence-corrected chi connectivity index (χ2v) is 8.65. The third kappa shape index (κ3) is 3.59. The molecule has 2 aromatic rings. The zero-order valence-corrected chi connectivity index (χ0v) is 16.1. The monoisotopic (exact) mass is 389 g/mol. The zero-order valence-electron chi connectivity index (χ0n) is 15.3. The first kappa shape index (κ1) is 18.1. The number of ether oxygens (including phenoxy) is 2. The molecule has 1 saturated heterocycles. The smallest absolute Gasteiger partial charge is 0.243 e. The Labute approximate surface area is 159 Å². The van der Waals surface area contributed by atoms with Crippen molar-refractivity contribution in [2.75, 3.05) is 44.3 Å². The summed E-state index contributed by atoms with van der Waals surface area (Å²) >= 11 is 0. The van der Waals surface area contributed by atoms with E-state index in [1.165, 1.54) is 0 Å². The fourth-order valence-electron chi connectivity index (χ4n) is 3.53. The van der Waals surface area contributed by atoms with Crippen molar-refractivity contribution in [2.24, 2.45) is 0 Å². The molecular weight excluding hydrogens is 366 g/mol. The Kier molecular flexibility index (Phi) is 4.92. The number of fused-ring (bicyclic) bond motifs is 1. The summed E-state index contributed by atoms with van der Waals surface area (Å²) in [5.74, 6) is 1.08. The van der Waals surface area contributed by atoms with Crippen molar-refractivity contribution in [3.8, 4) is 11.5 Å². The summed E-state index contributed by atoms with van der Waals surface area (Å²) in [6.07, 6.45) is 4.38. The van der Waals surface area contributed by atoms with Gasteiger partial charge in [-0.3, -0.25) is 4.98 Å². The second kappa shape index (κ2) is 7.36. The molecule has 3 heterocycles. The second-order valence-electron chi connectivity index (χ2n) is 6.71. The lowest BCUT2D eigenvalue weighted by atomic mass is 10.2. The minimum Gasteiger partial charge on any atom is -0.486 e. The van der Waals surface area contributed by atoms with Gasteiger partial charge in [-0.1, -0.05) is 0 Å². The number of hydrogen-bond acceptors (Lipinski definition) is 6. The van der Waals surface area contributed by atoms with Gasteiger partial charge in [0.15, 0.2) is 11.5 Å². The average molecular weight is 389 g/mol. The molecule has 0 spiro atoms. The van der Waals surface area contributed by atoms with E-state index in [2.05, 4.69) is 9.88 Å². The van der Waals surface area contributed by atoms with Crippen molar-refractivity contribution in [2.45, 2.75) is 18.2 Å². The van der Waals surface area contributed by atoms with Gasteiger partial charge in [0.1, 0.15) is 13.2 Å². The number of benzene rings is 1. The van der Waals surface area contributed by atoms with Gasteiger partial charge in [0.05, 0.1) is 4.90 Å². The fraction of sp³-hybridized carbons (Fsp3) is 0.421. The van der Waals surface area contributed by atoms with E-state index in [0.29, 0.717) is 44.3 Å². The van der Waals surface area contributed by atoms with Crippen molar-refractivity contribution in [3.63, 3.8) is 0 Å². The van der Waals surface area contributed by atoms with Gasteiger partial charge in [-0.15, -0.1) is 0 Å². The van der Waals surface area contributed by atoms with E-state index < -0.39 is 10.0 Å². The number of pyridine rings is 1. The molecule has 0 saturated carbocycles. The Bertz CT molecular complexity index is 932. The highest BCUT2D eigenvalue weighted by Crippen LogP contribution is 2.33. The molecule has 27 heavy (non-hydrogen) atoms. The largest absolute Gasteiger partial charge is 0.486 e. The van der Waals surface area contributed by atoms with Crippen molar-refractivity contribution < 1.29 is 17.9 Å².